The monoisotopic (exact) mass is 488 g/mol. The van der Waals surface area contributed by atoms with Crippen LogP contribution in [0.4, 0.5) is 0 Å². The minimum Gasteiger partial charge on any atom is -0.329 e. The van der Waals surface area contributed by atoms with Crippen molar-refractivity contribution in [2.75, 3.05) is 20.1 Å². The number of rotatable bonds is 3. The predicted molar refractivity (Wildman–Crippen MR) is 159 cm³/mol. The molecule has 2 aliphatic rings. The molecule has 4 aromatic carbocycles. The molecule has 0 saturated heterocycles. The molecule has 2 nitrogen and oxygen atoms in total. The molecule has 6 rings (SSSR count). The Kier molecular flexibility index (Phi) is 6.38. The van der Waals surface area contributed by atoms with Crippen LogP contribution in [0.5, 0.6) is 0 Å². The first-order valence-electron chi connectivity index (χ1n) is 13.4. The molecule has 0 amide bonds. The maximum atomic E-state index is 6.10. The summed E-state index contributed by atoms with van der Waals surface area (Å²) in [7, 11) is 2.04. The Bertz CT molecular complexity index is 1390. The van der Waals surface area contributed by atoms with Crippen molar-refractivity contribution in [2.24, 2.45) is 5.73 Å². The smallest absolute Gasteiger partial charge is 0.0311 e. The first-order valence-corrected chi connectivity index (χ1v) is 13.4. The van der Waals surface area contributed by atoms with Crippen molar-refractivity contribution in [1.29, 1.82) is 0 Å². The van der Waals surface area contributed by atoms with Crippen molar-refractivity contribution in [3.05, 3.63) is 117 Å². The fourth-order valence-corrected chi connectivity index (χ4v) is 6.45. The topological polar surface area (TPSA) is 38.0 Å². The van der Waals surface area contributed by atoms with Gasteiger partial charge >= 0.3 is 0 Å². The summed E-state index contributed by atoms with van der Waals surface area (Å²) in [5, 5.41) is 3.37. The van der Waals surface area contributed by atoms with E-state index in [0.29, 0.717) is 6.54 Å². The summed E-state index contributed by atoms with van der Waals surface area (Å²) in [5.74, 6) is 0. The van der Waals surface area contributed by atoms with Crippen LogP contribution in [0, 0.1) is 27.7 Å². The molecule has 4 aromatic rings. The molecule has 0 atom stereocenters. The second-order valence-corrected chi connectivity index (χ2v) is 11.6. The Labute approximate surface area is 223 Å². The first-order chi connectivity index (χ1) is 17.6. The molecule has 0 aromatic heterocycles. The Balaban J connectivity index is 0.000000152. The van der Waals surface area contributed by atoms with Crippen molar-refractivity contribution in [2.45, 2.75) is 52.4 Å². The Hall–Kier alpha value is -3.20. The minimum absolute atomic E-state index is 0.0390. The van der Waals surface area contributed by atoms with Crippen LogP contribution in [0.15, 0.2) is 72.8 Å². The van der Waals surface area contributed by atoms with E-state index in [2.05, 4.69) is 120 Å². The van der Waals surface area contributed by atoms with Crippen LogP contribution in [0.2, 0.25) is 0 Å². The highest BCUT2D eigenvalue weighted by atomic mass is 14.8. The normalized spacial score (nSPS) is 15.2. The summed E-state index contributed by atoms with van der Waals surface area (Å²) in [6.45, 7) is 14.9. The van der Waals surface area contributed by atoms with Gasteiger partial charge in [-0.1, -0.05) is 109 Å². The molecule has 2 heteroatoms. The molecule has 0 spiro atoms. The van der Waals surface area contributed by atoms with Crippen molar-refractivity contribution >= 4 is 0 Å². The van der Waals surface area contributed by atoms with Crippen molar-refractivity contribution in [1.82, 2.24) is 5.32 Å². The molecule has 0 aliphatic heterocycles. The highest BCUT2D eigenvalue weighted by Gasteiger charge is 2.39. The van der Waals surface area contributed by atoms with Crippen LogP contribution in [0.25, 0.3) is 22.3 Å². The highest BCUT2D eigenvalue weighted by molar-refractivity contribution is 5.82. The van der Waals surface area contributed by atoms with Crippen molar-refractivity contribution in [3.63, 3.8) is 0 Å². The lowest BCUT2D eigenvalue weighted by molar-refractivity contribution is 0.544. The molecular formula is C35H40N2. The molecule has 0 fully saturated rings. The largest absolute Gasteiger partial charge is 0.329 e. The Morgan fingerprint density at radius 3 is 1.11 bits per heavy atom. The van der Waals surface area contributed by atoms with Gasteiger partial charge < -0.3 is 11.1 Å². The average Bonchev–Trinajstić information content (AvgIpc) is 3.25. The van der Waals surface area contributed by atoms with Gasteiger partial charge in [-0.3, -0.25) is 0 Å². The van der Waals surface area contributed by atoms with Crippen molar-refractivity contribution < 1.29 is 0 Å². The number of aryl methyl sites for hydroxylation is 4. The Morgan fingerprint density at radius 1 is 0.541 bits per heavy atom. The van der Waals surface area contributed by atoms with Crippen LogP contribution in [-0.4, -0.2) is 20.1 Å². The van der Waals surface area contributed by atoms with Crippen LogP contribution < -0.4 is 11.1 Å². The van der Waals surface area contributed by atoms with Gasteiger partial charge in [0.2, 0.25) is 0 Å². The lowest BCUT2D eigenvalue weighted by Gasteiger charge is -2.27. The number of hydrogen-bond acceptors (Lipinski definition) is 2. The summed E-state index contributed by atoms with van der Waals surface area (Å²) in [6.07, 6.45) is 0. The van der Waals surface area contributed by atoms with E-state index < -0.39 is 0 Å². The number of nitrogens with one attached hydrogen (secondary N) is 1. The quantitative estimate of drug-likeness (QED) is 0.316. The van der Waals surface area contributed by atoms with Crippen LogP contribution >= 0.6 is 0 Å². The third-order valence-corrected chi connectivity index (χ3v) is 8.60. The van der Waals surface area contributed by atoms with E-state index in [1.165, 1.54) is 66.8 Å². The van der Waals surface area contributed by atoms with Gasteiger partial charge in [-0.15, -0.1) is 0 Å². The number of hydrogen-bond donors (Lipinski definition) is 2. The standard InChI is InChI=1S/C18H21N.C17H19N/c1-12-5-7-14-15-8-6-13(2)10-17(15)18(3,11-19-4)16(14)9-12;1-11-4-6-13-14-7-5-12(2)9-16(14)17(3,10-18)15(13)8-11/h5-10,19H,11H2,1-4H3;4-9H,10,18H2,1-3H3. The van der Waals surface area contributed by atoms with Gasteiger partial charge in [-0.2, -0.15) is 0 Å². The van der Waals surface area contributed by atoms with Crippen LogP contribution in [-0.2, 0) is 10.8 Å². The molecule has 0 unspecified atom stereocenters. The summed E-state index contributed by atoms with van der Waals surface area (Å²) >= 11 is 0. The van der Waals surface area contributed by atoms with Gasteiger partial charge in [0.1, 0.15) is 0 Å². The molecule has 0 saturated carbocycles. The Morgan fingerprint density at radius 2 is 0.838 bits per heavy atom. The average molecular weight is 489 g/mol. The zero-order valence-electron chi connectivity index (χ0n) is 23.4. The lowest BCUT2D eigenvalue weighted by atomic mass is 9.79. The predicted octanol–water partition coefficient (Wildman–Crippen LogP) is 7.36. The maximum absolute atomic E-state index is 6.10. The second kappa shape index (κ2) is 9.28. The molecule has 190 valence electrons. The van der Waals surface area contributed by atoms with E-state index in [4.69, 9.17) is 5.73 Å². The van der Waals surface area contributed by atoms with E-state index in [0.717, 1.165) is 6.54 Å². The van der Waals surface area contributed by atoms with Gasteiger partial charge in [0, 0.05) is 23.9 Å². The van der Waals surface area contributed by atoms with E-state index in [1.54, 1.807) is 0 Å². The molecule has 0 radical (unpaired) electrons. The highest BCUT2D eigenvalue weighted by Crippen LogP contribution is 2.50. The fourth-order valence-electron chi connectivity index (χ4n) is 6.45. The first kappa shape index (κ1) is 25.4. The van der Waals surface area contributed by atoms with Gasteiger partial charge in [-0.25, -0.2) is 0 Å². The lowest BCUT2D eigenvalue weighted by Crippen LogP contribution is -2.33. The summed E-state index contributed by atoms with van der Waals surface area (Å²) < 4.78 is 0. The number of benzene rings is 4. The molecule has 0 bridgehead atoms. The van der Waals surface area contributed by atoms with Crippen molar-refractivity contribution in [3.8, 4) is 22.3 Å². The molecule has 2 aliphatic carbocycles. The van der Waals surface area contributed by atoms with Gasteiger partial charge in [-0.05, 0) is 79.3 Å². The molecule has 3 N–H and O–H groups in total. The van der Waals surface area contributed by atoms with E-state index in [1.807, 2.05) is 7.05 Å². The molecular weight excluding hydrogens is 448 g/mol. The SMILES string of the molecule is CNCC1(C)c2cc(C)ccc2-c2ccc(C)cc21.Cc1ccc2c(c1)C(C)(CN)c1cc(C)ccc1-2. The minimum atomic E-state index is -0.0390. The van der Waals surface area contributed by atoms with E-state index in [9.17, 15) is 0 Å². The number of likely N-dealkylation sites (N-methyl/N-ethyl adjacent to an activating group) is 1. The number of fused-ring (bicyclic) bond motifs is 6. The summed E-state index contributed by atoms with van der Waals surface area (Å²) in [5.41, 5.74) is 22.6. The van der Waals surface area contributed by atoms with Crippen LogP contribution in [0.1, 0.15) is 58.4 Å². The summed E-state index contributed by atoms with van der Waals surface area (Å²) in [4.78, 5) is 0. The zero-order chi connectivity index (χ0) is 26.5. The zero-order valence-corrected chi connectivity index (χ0v) is 23.4. The molecule has 0 heterocycles. The summed E-state index contributed by atoms with van der Waals surface area (Å²) in [6, 6.07) is 27.1. The third-order valence-electron chi connectivity index (χ3n) is 8.60. The van der Waals surface area contributed by atoms with E-state index in [-0.39, 0.29) is 10.8 Å². The van der Waals surface area contributed by atoms with Gasteiger partial charge in [0.15, 0.2) is 0 Å². The van der Waals surface area contributed by atoms with Gasteiger partial charge in [0.05, 0.1) is 0 Å². The van der Waals surface area contributed by atoms with Crippen LogP contribution in [0.3, 0.4) is 0 Å². The second-order valence-electron chi connectivity index (χ2n) is 11.6. The van der Waals surface area contributed by atoms with E-state index >= 15 is 0 Å². The molecule has 37 heavy (non-hydrogen) atoms. The maximum Gasteiger partial charge on any atom is 0.0311 e. The van der Waals surface area contributed by atoms with Gasteiger partial charge in [0.25, 0.3) is 0 Å². The third kappa shape index (κ3) is 4.04. The fraction of sp³-hybridized carbons (Fsp3) is 0.314. The number of nitrogens with two attached hydrogens (primary N) is 1.